The lowest BCUT2D eigenvalue weighted by Crippen LogP contribution is -2.04. The van der Waals surface area contributed by atoms with E-state index in [1.807, 2.05) is 31.2 Å². The molecule has 0 aliphatic heterocycles. The molecule has 0 atom stereocenters. The summed E-state index contributed by atoms with van der Waals surface area (Å²) in [5.41, 5.74) is 2.15. The Bertz CT molecular complexity index is 1060. The SMILES string of the molecule is Cc1occc1-c1nnc(Sc2nc(C3CC3)ns2)n1Cc1ccccc1. The normalized spacial score (nSPS) is 14.0. The van der Waals surface area contributed by atoms with Gasteiger partial charge in [0, 0.05) is 5.92 Å². The molecular weight excluding hydrogens is 378 g/mol. The maximum absolute atomic E-state index is 5.48. The van der Waals surface area contributed by atoms with Crippen LogP contribution in [-0.4, -0.2) is 24.1 Å². The number of benzene rings is 1. The lowest BCUT2D eigenvalue weighted by Gasteiger charge is -2.09. The van der Waals surface area contributed by atoms with Crippen LogP contribution in [0.1, 0.15) is 35.9 Å². The molecule has 0 saturated heterocycles. The molecule has 1 aliphatic carbocycles. The maximum atomic E-state index is 5.48. The zero-order chi connectivity index (χ0) is 18.2. The molecule has 0 radical (unpaired) electrons. The van der Waals surface area contributed by atoms with Crippen molar-refractivity contribution in [1.29, 1.82) is 0 Å². The average molecular weight is 396 g/mol. The predicted molar refractivity (Wildman–Crippen MR) is 104 cm³/mol. The van der Waals surface area contributed by atoms with E-state index in [1.165, 1.54) is 41.7 Å². The van der Waals surface area contributed by atoms with E-state index in [-0.39, 0.29) is 0 Å². The molecule has 8 heteroatoms. The summed E-state index contributed by atoms with van der Waals surface area (Å²) in [7, 11) is 0. The van der Waals surface area contributed by atoms with Crippen molar-refractivity contribution < 1.29 is 4.42 Å². The first-order valence-electron chi connectivity index (χ1n) is 8.81. The fourth-order valence-electron chi connectivity index (χ4n) is 2.94. The van der Waals surface area contributed by atoms with Gasteiger partial charge in [0.1, 0.15) is 11.6 Å². The van der Waals surface area contributed by atoms with Crippen molar-refractivity contribution in [2.45, 2.75) is 41.7 Å². The minimum Gasteiger partial charge on any atom is -0.469 e. The van der Waals surface area contributed by atoms with Crippen LogP contribution in [0.2, 0.25) is 0 Å². The molecule has 136 valence electrons. The third-order valence-corrected chi connectivity index (χ3v) is 6.29. The van der Waals surface area contributed by atoms with Crippen LogP contribution in [0, 0.1) is 6.92 Å². The van der Waals surface area contributed by atoms with Crippen molar-refractivity contribution in [3.8, 4) is 11.4 Å². The van der Waals surface area contributed by atoms with Crippen LogP contribution in [0.25, 0.3) is 11.4 Å². The molecule has 0 unspecified atom stereocenters. The second kappa shape index (κ2) is 6.94. The Hall–Kier alpha value is -2.45. The Labute approximate surface area is 164 Å². The topological polar surface area (TPSA) is 69.6 Å². The summed E-state index contributed by atoms with van der Waals surface area (Å²) in [5, 5.41) is 9.72. The molecule has 0 N–H and O–H groups in total. The second-order valence-electron chi connectivity index (χ2n) is 6.56. The van der Waals surface area contributed by atoms with Crippen molar-refractivity contribution in [1.82, 2.24) is 24.1 Å². The van der Waals surface area contributed by atoms with E-state index in [4.69, 9.17) is 4.42 Å². The van der Waals surface area contributed by atoms with Gasteiger partial charge in [-0.25, -0.2) is 4.98 Å². The van der Waals surface area contributed by atoms with Crippen LogP contribution in [0.4, 0.5) is 0 Å². The van der Waals surface area contributed by atoms with Crippen molar-refractivity contribution in [2.75, 3.05) is 0 Å². The minimum atomic E-state index is 0.557. The van der Waals surface area contributed by atoms with Gasteiger partial charge in [-0.3, -0.25) is 4.57 Å². The Morgan fingerprint density at radius 2 is 2.04 bits per heavy atom. The number of rotatable bonds is 6. The molecule has 6 nitrogen and oxygen atoms in total. The van der Waals surface area contributed by atoms with Crippen LogP contribution in [0.5, 0.6) is 0 Å². The number of nitrogens with zero attached hydrogens (tertiary/aromatic N) is 5. The molecule has 1 saturated carbocycles. The van der Waals surface area contributed by atoms with E-state index < -0.39 is 0 Å². The van der Waals surface area contributed by atoms with Crippen LogP contribution in [-0.2, 0) is 6.54 Å². The summed E-state index contributed by atoms with van der Waals surface area (Å²) in [6.07, 6.45) is 4.09. The van der Waals surface area contributed by atoms with Gasteiger partial charge in [0.2, 0.25) is 0 Å². The Balaban J connectivity index is 1.51. The molecule has 0 bridgehead atoms. The van der Waals surface area contributed by atoms with Gasteiger partial charge >= 0.3 is 0 Å². The summed E-state index contributed by atoms with van der Waals surface area (Å²) in [6, 6.07) is 12.3. The van der Waals surface area contributed by atoms with Gasteiger partial charge in [0.25, 0.3) is 0 Å². The van der Waals surface area contributed by atoms with Crippen LogP contribution >= 0.6 is 23.3 Å². The summed E-state index contributed by atoms with van der Waals surface area (Å²) in [5.74, 6) is 3.17. The van der Waals surface area contributed by atoms with E-state index in [2.05, 4.69) is 36.3 Å². The van der Waals surface area contributed by atoms with Gasteiger partial charge in [0.15, 0.2) is 15.3 Å². The molecule has 1 fully saturated rings. The number of furan rings is 1. The highest BCUT2D eigenvalue weighted by Crippen LogP contribution is 2.40. The zero-order valence-electron chi connectivity index (χ0n) is 14.7. The van der Waals surface area contributed by atoms with Gasteiger partial charge in [-0.15, -0.1) is 10.2 Å². The largest absolute Gasteiger partial charge is 0.469 e. The average Bonchev–Trinajstić information content (AvgIpc) is 3.09. The molecular formula is C19H17N5OS2. The highest BCUT2D eigenvalue weighted by molar-refractivity contribution is 8.00. The van der Waals surface area contributed by atoms with Gasteiger partial charge in [-0.1, -0.05) is 30.3 Å². The Morgan fingerprint density at radius 3 is 2.78 bits per heavy atom. The first-order valence-corrected chi connectivity index (χ1v) is 10.4. The Morgan fingerprint density at radius 1 is 1.19 bits per heavy atom. The van der Waals surface area contributed by atoms with Crippen molar-refractivity contribution in [3.63, 3.8) is 0 Å². The van der Waals surface area contributed by atoms with E-state index in [0.717, 1.165) is 32.5 Å². The monoisotopic (exact) mass is 395 g/mol. The van der Waals surface area contributed by atoms with Crippen molar-refractivity contribution >= 4 is 23.3 Å². The molecule has 4 aromatic rings. The summed E-state index contributed by atoms with van der Waals surface area (Å²) in [6.45, 7) is 2.63. The fraction of sp³-hybridized carbons (Fsp3) is 0.263. The van der Waals surface area contributed by atoms with E-state index in [9.17, 15) is 0 Å². The summed E-state index contributed by atoms with van der Waals surface area (Å²) >= 11 is 2.97. The molecule has 27 heavy (non-hydrogen) atoms. The molecule has 3 aromatic heterocycles. The van der Waals surface area contributed by atoms with Gasteiger partial charge in [-0.05, 0) is 54.7 Å². The molecule has 5 rings (SSSR count). The molecule has 0 amide bonds. The quantitative estimate of drug-likeness (QED) is 0.468. The lowest BCUT2D eigenvalue weighted by atomic mass is 10.2. The molecule has 1 aromatic carbocycles. The number of aromatic nitrogens is 5. The maximum Gasteiger partial charge on any atom is 0.198 e. The zero-order valence-corrected chi connectivity index (χ0v) is 16.3. The van der Waals surface area contributed by atoms with Gasteiger partial charge < -0.3 is 4.42 Å². The minimum absolute atomic E-state index is 0.557. The highest BCUT2D eigenvalue weighted by atomic mass is 32.2. The molecule has 3 heterocycles. The van der Waals surface area contributed by atoms with E-state index in [0.29, 0.717) is 12.5 Å². The number of aryl methyl sites for hydroxylation is 1. The van der Waals surface area contributed by atoms with Gasteiger partial charge in [0.05, 0.1) is 18.4 Å². The summed E-state index contributed by atoms with van der Waals surface area (Å²) in [4.78, 5) is 4.68. The van der Waals surface area contributed by atoms with E-state index >= 15 is 0 Å². The van der Waals surface area contributed by atoms with Crippen LogP contribution < -0.4 is 0 Å². The van der Waals surface area contributed by atoms with Crippen LogP contribution in [0.3, 0.4) is 0 Å². The molecule has 1 aliphatic rings. The predicted octanol–water partition coefficient (Wildman–Crippen LogP) is 4.77. The molecule has 0 spiro atoms. The smallest absolute Gasteiger partial charge is 0.198 e. The second-order valence-corrected chi connectivity index (χ2v) is 8.53. The number of hydrogen-bond acceptors (Lipinski definition) is 7. The van der Waals surface area contributed by atoms with Crippen molar-refractivity contribution in [2.24, 2.45) is 0 Å². The standard InChI is InChI=1S/C19H17N5OS2/c1-12-15(9-10-25-12)17-21-22-18(24(17)11-13-5-3-2-4-6-13)26-19-20-16(23-27-19)14-7-8-14/h2-6,9-10,14H,7-8,11H2,1H3. The summed E-state index contributed by atoms with van der Waals surface area (Å²) < 4.78 is 13.0. The third-order valence-electron chi connectivity index (χ3n) is 4.54. The lowest BCUT2D eigenvalue weighted by molar-refractivity contribution is 0.534. The van der Waals surface area contributed by atoms with Crippen LogP contribution in [0.15, 0.2) is 56.6 Å². The highest BCUT2D eigenvalue weighted by Gasteiger charge is 2.28. The van der Waals surface area contributed by atoms with Gasteiger partial charge in [-0.2, -0.15) is 4.37 Å². The van der Waals surface area contributed by atoms with Crippen molar-refractivity contribution in [3.05, 3.63) is 59.8 Å². The first-order chi connectivity index (χ1) is 13.3. The van der Waals surface area contributed by atoms with E-state index in [1.54, 1.807) is 6.26 Å². The first kappa shape index (κ1) is 16.7. The number of hydrogen-bond donors (Lipinski definition) is 0. The Kier molecular flexibility index (Phi) is 4.29. The fourth-order valence-corrected chi connectivity index (χ4v) is 4.55. The third kappa shape index (κ3) is 3.42.